The molecule has 1 amide bonds. The quantitative estimate of drug-likeness (QED) is 0.629. The van der Waals surface area contributed by atoms with E-state index in [1.54, 1.807) is 0 Å². The lowest BCUT2D eigenvalue weighted by molar-refractivity contribution is -0.127. The standard InChI is InChI=1S/C10H17NO/c1-3-5-6-9-7-8-10(12)11(9)4-2/h7H,3-6,8H2,1-2H3. The topological polar surface area (TPSA) is 20.3 Å². The van der Waals surface area contributed by atoms with Gasteiger partial charge in [-0.3, -0.25) is 4.79 Å². The van der Waals surface area contributed by atoms with Crippen molar-refractivity contribution in [2.75, 3.05) is 6.54 Å². The first-order valence-electron chi connectivity index (χ1n) is 4.79. The number of amides is 1. The molecule has 68 valence electrons. The zero-order valence-corrected chi connectivity index (χ0v) is 7.97. The van der Waals surface area contributed by atoms with Crippen LogP contribution in [0.3, 0.4) is 0 Å². The van der Waals surface area contributed by atoms with Crippen molar-refractivity contribution in [1.82, 2.24) is 4.90 Å². The van der Waals surface area contributed by atoms with Crippen molar-refractivity contribution in [3.8, 4) is 0 Å². The third-order valence-corrected chi connectivity index (χ3v) is 2.26. The van der Waals surface area contributed by atoms with E-state index >= 15 is 0 Å². The van der Waals surface area contributed by atoms with Gasteiger partial charge < -0.3 is 4.90 Å². The molecule has 0 saturated heterocycles. The largest absolute Gasteiger partial charge is 0.317 e. The van der Waals surface area contributed by atoms with Crippen LogP contribution in [0.25, 0.3) is 0 Å². The Labute approximate surface area is 74.2 Å². The average molecular weight is 167 g/mol. The number of unbranched alkanes of at least 4 members (excludes halogenated alkanes) is 1. The third kappa shape index (κ3) is 1.87. The highest BCUT2D eigenvalue weighted by molar-refractivity contribution is 5.82. The first-order valence-corrected chi connectivity index (χ1v) is 4.79. The molecule has 0 saturated carbocycles. The minimum atomic E-state index is 0.267. The van der Waals surface area contributed by atoms with Crippen molar-refractivity contribution in [3.63, 3.8) is 0 Å². The van der Waals surface area contributed by atoms with Crippen LogP contribution in [0.5, 0.6) is 0 Å². The van der Waals surface area contributed by atoms with E-state index in [4.69, 9.17) is 0 Å². The summed E-state index contributed by atoms with van der Waals surface area (Å²) < 4.78 is 0. The number of hydrogen-bond donors (Lipinski definition) is 0. The van der Waals surface area contributed by atoms with E-state index in [2.05, 4.69) is 13.0 Å². The van der Waals surface area contributed by atoms with Gasteiger partial charge in [0, 0.05) is 18.7 Å². The molecule has 0 aromatic carbocycles. The van der Waals surface area contributed by atoms with Gasteiger partial charge in [0.2, 0.25) is 5.91 Å². The predicted molar refractivity (Wildman–Crippen MR) is 49.6 cm³/mol. The molecule has 0 spiro atoms. The zero-order valence-electron chi connectivity index (χ0n) is 7.97. The predicted octanol–water partition coefficient (Wildman–Crippen LogP) is 2.31. The van der Waals surface area contributed by atoms with E-state index in [0.29, 0.717) is 6.42 Å². The number of rotatable bonds is 4. The molecule has 12 heavy (non-hydrogen) atoms. The summed E-state index contributed by atoms with van der Waals surface area (Å²) in [6.45, 7) is 5.03. The highest BCUT2D eigenvalue weighted by atomic mass is 16.2. The number of hydrogen-bond acceptors (Lipinski definition) is 1. The molecule has 0 bridgehead atoms. The van der Waals surface area contributed by atoms with Crippen molar-refractivity contribution in [3.05, 3.63) is 11.8 Å². The van der Waals surface area contributed by atoms with Gasteiger partial charge in [0.25, 0.3) is 0 Å². The van der Waals surface area contributed by atoms with E-state index < -0.39 is 0 Å². The molecule has 0 aromatic heterocycles. The normalized spacial score (nSPS) is 17.0. The molecule has 0 N–H and O–H groups in total. The smallest absolute Gasteiger partial charge is 0.230 e. The van der Waals surface area contributed by atoms with Gasteiger partial charge in [-0.2, -0.15) is 0 Å². The summed E-state index contributed by atoms with van der Waals surface area (Å²) in [7, 11) is 0. The summed E-state index contributed by atoms with van der Waals surface area (Å²) in [6.07, 6.45) is 6.14. The van der Waals surface area contributed by atoms with Crippen LogP contribution in [0.4, 0.5) is 0 Å². The molecule has 0 atom stereocenters. The second-order valence-electron chi connectivity index (χ2n) is 3.14. The van der Waals surface area contributed by atoms with Gasteiger partial charge in [-0.05, 0) is 19.8 Å². The van der Waals surface area contributed by atoms with Crippen molar-refractivity contribution in [1.29, 1.82) is 0 Å². The van der Waals surface area contributed by atoms with Crippen molar-refractivity contribution in [2.45, 2.75) is 39.5 Å². The molecule has 1 heterocycles. The van der Waals surface area contributed by atoms with Gasteiger partial charge in [-0.1, -0.05) is 19.4 Å². The van der Waals surface area contributed by atoms with Crippen LogP contribution in [0.1, 0.15) is 39.5 Å². The maximum Gasteiger partial charge on any atom is 0.230 e. The molecular formula is C10H17NO. The van der Waals surface area contributed by atoms with Crippen LogP contribution >= 0.6 is 0 Å². The van der Waals surface area contributed by atoms with E-state index in [0.717, 1.165) is 13.0 Å². The van der Waals surface area contributed by atoms with Gasteiger partial charge in [-0.15, -0.1) is 0 Å². The molecule has 1 rings (SSSR count). The fourth-order valence-electron chi connectivity index (χ4n) is 1.56. The Kier molecular flexibility index (Phi) is 3.32. The molecule has 2 nitrogen and oxygen atoms in total. The Morgan fingerprint density at radius 3 is 2.83 bits per heavy atom. The van der Waals surface area contributed by atoms with Crippen LogP contribution in [-0.4, -0.2) is 17.4 Å². The fraction of sp³-hybridized carbons (Fsp3) is 0.700. The van der Waals surface area contributed by atoms with Gasteiger partial charge in [-0.25, -0.2) is 0 Å². The first-order chi connectivity index (χ1) is 5.79. The Morgan fingerprint density at radius 2 is 2.25 bits per heavy atom. The minimum absolute atomic E-state index is 0.267. The van der Waals surface area contributed by atoms with Crippen LogP contribution < -0.4 is 0 Å². The molecule has 0 unspecified atom stereocenters. The number of nitrogens with zero attached hydrogens (tertiary/aromatic N) is 1. The monoisotopic (exact) mass is 167 g/mol. The molecule has 0 aliphatic carbocycles. The lowest BCUT2D eigenvalue weighted by Crippen LogP contribution is -2.24. The molecular weight excluding hydrogens is 150 g/mol. The molecule has 0 aromatic rings. The molecule has 1 aliphatic heterocycles. The van der Waals surface area contributed by atoms with Crippen molar-refractivity contribution in [2.24, 2.45) is 0 Å². The van der Waals surface area contributed by atoms with Crippen molar-refractivity contribution < 1.29 is 4.79 Å². The minimum Gasteiger partial charge on any atom is -0.317 e. The SMILES string of the molecule is CCCCC1=CCC(=O)N1CC. The lowest BCUT2D eigenvalue weighted by atomic mass is 10.2. The highest BCUT2D eigenvalue weighted by Crippen LogP contribution is 2.20. The van der Waals surface area contributed by atoms with Gasteiger partial charge in [0.05, 0.1) is 0 Å². The molecule has 2 heteroatoms. The Bertz CT molecular complexity index is 196. The maximum absolute atomic E-state index is 11.3. The van der Waals surface area contributed by atoms with E-state index in [1.807, 2.05) is 11.8 Å². The lowest BCUT2D eigenvalue weighted by Gasteiger charge is -2.17. The highest BCUT2D eigenvalue weighted by Gasteiger charge is 2.20. The molecule has 0 fully saturated rings. The number of carbonyl (C=O) groups is 1. The maximum atomic E-state index is 11.3. The van der Waals surface area contributed by atoms with Crippen LogP contribution in [-0.2, 0) is 4.79 Å². The second-order valence-corrected chi connectivity index (χ2v) is 3.14. The Hall–Kier alpha value is -0.790. The van der Waals surface area contributed by atoms with E-state index in [9.17, 15) is 4.79 Å². The average Bonchev–Trinajstić information content (AvgIpc) is 2.43. The summed E-state index contributed by atoms with van der Waals surface area (Å²) in [5.41, 5.74) is 1.24. The first kappa shape index (κ1) is 9.30. The van der Waals surface area contributed by atoms with Gasteiger partial charge in [0.1, 0.15) is 0 Å². The van der Waals surface area contributed by atoms with Crippen LogP contribution in [0.15, 0.2) is 11.8 Å². The summed E-state index contributed by atoms with van der Waals surface area (Å²) in [6, 6.07) is 0. The second kappa shape index (κ2) is 4.29. The summed E-state index contributed by atoms with van der Waals surface area (Å²) in [5.74, 6) is 0.267. The Balaban J connectivity index is 2.47. The number of allylic oxidation sites excluding steroid dienone is 1. The summed E-state index contributed by atoms with van der Waals surface area (Å²) in [5, 5.41) is 0. The number of carbonyl (C=O) groups excluding carboxylic acids is 1. The van der Waals surface area contributed by atoms with Crippen molar-refractivity contribution >= 4 is 5.91 Å². The van der Waals surface area contributed by atoms with E-state index in [-0.39, 0.29) is 5.91 Å². The molecule has 0 radical (unpaired) electrons. The Morgan fingerprint density at radius 1 is 1.50 bits per heavy atom. The summed E-state index contributed by atoms with van der Waals surface area (Å²) >= 11 is 0. The van der Waals surface area contributed by atoms with Gasteiger partial charge >= 0.3 is 0 Å². The third-order valence-electron chi connectivity index (χ3n) is 2.26. The van der Waals surface area contributed by atoms with E-state index in [1.165, 1.54) is 18.5 Å². The van der Waals surface area contributed by atoms with Crippen LogP contribution in [0.2, 0.25) is 0 Å². The van der Waals surface area contributed by atoms with Crippen LogP contribution in [0, 0.1) is 0 Å². The van der Waals surface area contributed by atoms with Gasteiger partial charge in [0.15, 0.2) is 0 Å². The molecule has 1 aliphatic rings. The fourth-order valence-corrected chi connectivity index (χ4v) is 1.56. The zero-order chi connectivity index (χ0) is 8.97. The summed E-state index contributed by atoms with van der Waals surface area (Å²) in [4.78, 5) is 13.2.